The van der Waals surface area contributed by atoms with E-state index in [4.69, 9.17) is 0 Å². The van der Waals surface area contributed by atoms with Crippen molar-refractivity contribution >= 4 is 0 Å². The van der Waals surface area contributed by atoms with Gasteiger partial charge in [0.25, 0.3) is 0 Å². The highest BCUT2D eigenvalue weighted by molar-refractivity contribution is 4.75. The summed E-state index contributed by atoms with van der Waals surface area (Å²) in [5.74, 6) is 1.86. The number of likely N-dealkylation sites (tertiary alicyclic amines) is 1. The second-order valence-corrected chi connectivity index (χ2v) is 5.69. The molecule has 0 aromatic heterocycles. The van der Waals surface area contributed by atoms with Crippen molar-refractivity contribution in [2.45, 2.75) is 39.5 Å². The van der Waals surface area contributed by atoms with Crippen LogP contribution in [0, 0.1) is 11.8 Å². The minimum absolute atomic E-state index is 0.922. The highest BCUT2D eigenvalue weighted by Crippen LogP contribution is 2.20. The summed E-state index contributed by atoms with van der Waals surface area (Å²) in [7, 11) is 4.38. The van der Waals surface area contributed by atoms with Gasteiger partial charge >= 0.3 is 0 Å². The molecule has 16 heavy (non-hydrogen) atoms. The minimum Gasteiger partial charge on any atom is -0.309 e. The van der Waals surface area contributed by atoms with Crippen LogP contribution in [0.25, 0.3) is 0 Å². The summed E-state index contributed by atoms with van der Waals surface area (Å²) < 4.78 is 0. The average Bonchev–Trinajstić information content (AvgIpc) is 2.27. The topological polar surface area (TPSA) is 6.48 Å². The van der Waals surface area contributed by atoms with Gasteiger partial charge < -0.3 is 9.80 Å². The Hall–Kier alpha value is -0.0800. The summed E-state index contributed by atoms with van der Waals surface area (Å²) in [5, 5.41) is 0. The molecule has 2 heteroatoms. The van der Waals surface area contributed by atoms with Crippen LogP contribution < -0.4 is 0 Å². The number of rotatable bonds is 6. The van der Waals surface area contributed by atoms with Crippen LogP contribution in [0.1, 0.15) is 39.5 Å². The predicted molar refractivity (Wildman–Crippen MR) is 71.8 cm³/mol. The van der Waals surface area contributed by atoms with Crippen molar-refractivity contribution in [1.82, 2.24) is 9.80 Å². The lowest BCUT2D eigenvalue weighted by Gasteiger charge is -2.34. The highest BCUT2D eigenvalue weighted by atomic mass is 15.1. The van der Waals surface area contributed by atoms with E-state index in [1.807, 2.05) is 0 Å². The SMILES string of the molecule is CCC(CC)CN1CCC(CN(C)C)CC1. The van der Waals surface area contributed by atoms with Crippen LogP contribution in [-0.2, 0) is 0 Å². The molecular weight excluding hydrogens is 196 g/mol. The first-order valence-corrected chi connectivity index (χ1v) is 7.02. The predicted octanol–water partition coefficient (Wildman–Crippen LogP) is 2.70. The summed E-state index contributed by atoms with van der Waals surface area (Å²) in [4.78, 5) is 5.02. The van der Waals surface area contributed by atoms with E-state index in [1.54, 1.807) is 0 Å². The van der Waals surface area contributed by atoms with Gasteiger partial charge in [0.2, 0.25) is 0 Å². The molecule has 0 aliphatic carbocycles. The van der Waals surface area contributed by atoms with Crippen LogP contribution in [0.2, 0.25) is 0 Å². The van der Waals surface area contributed by atoms with Gasteiger partial charge in [-0.15, -0.1) is 0 Å². The van der Waals surface area contributed by atoms with Crippen molar-refractivity contribution in [3.05, 3.63) is 0 Å². The fourth-order valence-corrected chi connectivity index (χ4v) is 2.78. The maximum atomic E-state index is 2.68. The maximum Gasteiger partial charge on any atom is 0.000946 e. The van der Waals surface area contributed by atoms with Gasteiger partial charge in [-0.2, -0.15) is 0 Å². The van der Waals surface area contributed by atoms with E-state index in [1.165, 1.54) is 51.9 Å². The molecule has 1 aliphatic rings. The largest absolute Gasteiger partial charge is 0.309 e. The van der Waals surface area contributed by atoms with Gasteiger partial charge in [0.05, 0.1) is 0 Å². The quantitative estimate of drug-likeness (QED) is 0.687. The molecule has 0 saturated carbocycles. The molecule has 1 rings (SSSR count). The van der Waals surface area contributed by atoms with Crippen molar-refractivity contribution in [3.63, 3.8) is 0 Å². The van der Waals surface area contributed by atoms with Gasteiger partial charge in [-0.25, -0.2) is 0 Å². The number of hydrogen-bond donors (Lipinski definition) is 0. The van der Waals surface area contributed by atoms with Crippen LogP contribution in [-0.4, -0.2) is 50.1 Å². The zero-order valence-corrected chi connectivity index (χ0v) is 11.7. The van der Waals surface area contributed by atoms with Gasteiger partial charge in [-0.1, -0.05) is 26.7 Å². The molecule has 0 N–H and O–H groups in total. The molecular formula is C14H30N2. The molecule has 0 aromatic carbocycles. The van der Waals surface area contributed by atoms with Crippen molar-refractivity contribution in [2.24, 2.45) is 11.8 Å². The second-order valence-electron chi connectivity index (χ2n) is 5.69. The normalized spacial score (nSPS) is 19.9. The Bertz CT molecular complexity index is 168. The van der Waals surface area contributed by atoms with Gasteiger partial charge in [-0.3, -0.25) is 0 Å². The Kier molecular flexibility index (Phi) is 6.37. The lowest BCUT2D eigenvalue weighted by atomic mass is 9.94. The molecule has 2 nitrogen and oxygen atoms in total. The van der Waals surface area contributed by atoms with E-state index in [0.29, 0.717) is 0 Å². The van der Waals surface area contributed by atoms with Crippen molar-refractivity contribution in [1.29, 1.82) is 0 Å². The second kappa shape index (κ2) is 7.29. The number of hydrogen-bond acceptors (Lipinski definition) is 2. The van der Waals surface area contributed by atoms with E-state index in [0.717, 1.165) is 11.8 Å². The van der Waals surface area contributed by atoms with Crippen molar-refractivity contribution in [2.75, 3.05) is 40.3 Å². The molecule has 0 atom stereocenters. The molecule has 0 radical (unpaired) electrons. The van der Waals surface area contributed by atoms with Crippen LogP contribution in [0.3, 0.4) is 0 Å². The van der Waals surface area contributed by atoms with Crippen LogP contribution >= 0.6 is 0 Å². The molecule has 0 spiro atoms. The lowest BCUT2D eigenvalue weighted by molar-refractivity contribution is 0.141. The Balaban J connectivity index is 2.21. The van der Waals surface area contributed by atoms with Gasteiger partial charge in [0, 0.05) is 13.1 Å². The van der Waals surface area contributed by atoms with Gasteiger partial charge in [0.15, 0.2) is 0 Å². The zero-order chi connectivity index (χ0) is 12.0. The number of nitrogens with zero attached hydrogens (tertiary/aromatic N) is 2. The third kappa shape index (κ3) is 4.84. The van der Waals surface area contributed by atoms with Crippen molar-refractivity contribution < 1.29 is 0 Å². The van der Waals surface area contributed by atoms with Crippen LogP contribution in [0.15, 0.2) is 0 Å². The minimum atomic E-state index is 0.922. The third-order valence-electron chi connectivity index (χ3n) is 4.00. The van der Waals surface area contributed by atoms with Crippen LogP contribution in [0.5, 0.6) is 0 Å². The first kappa shape index (κ1) is 14.0. The van der Waals surface area contributed by atoms with Gasteiger partial charge in [-0.05, 0) is 51.9 Å². The molecule has 1 aliphatic heterocycles. The molecule has 1 saturated heterocycles. The van der Waals surface area contributed by atoms with Gasteiger partial charge in [0.1, 0.15) is 0 Å². The molecule has 1 fully saturated rings. The Morgan fingerprint density at radius 1 is 1.12 bits per heavy atom. The first-order chi connectivity index (χ1) is 7.65. The van der Waals surface area contributed by atoms with Crippen molar-refractivity contribution in [3.8, 4) is 0 Å². The number of piperidine rings is 1. The molecule has 1 heterocycles. The first-order valence-electron chi connectivity index (χ1n) is 7.02. The Morgan fingerprint density at radius 2 is 1.69 bits per heavy atom. The summed E-state index contributed by atoms with van der Waals surface area (Å²) in [6, 6.07) is 0. The summed E-state index contributed by atoms with van der Waals surface area (Å²) >= 11 is 0. The average molecular weight is 226 g/mol. The molecule has 96 valence electrons. The fraction of sp³-hybridized carbons (Fsp3) is 1.00. The molecule has 0 amide bonds. The fourth-order valence-electron chi connectivity index (χ4n) is 2.78. The summed E-state index contributed by atoms with van der Waals surface area (Å²) in [5.41, 5.74) is 0. The molecule has 0 unspecified atom stereocenters. The summed E-state index contributed by atoms with van der Waals surface area (Å²) in [6.45, 7) is 9.92. The van der Waals surface area contributed by atoms with E-state index in [2.05, 4.69) is 37.7 Å². The monoisotopic (exact) mass is 226 g/mol. The Labute approximate surface area is 102 Å². The smallest absolute Gasteiger partial charge is 0.000946 e. The zero-order valence-electron chi connectivity index (χ0n) is 11.7. The van der Waals surface area contributed by atoms with E-state index < -0.39 is 0 Å². The molecule has 0 aromatic rings. The molecule has 0 bridgehead atoms. The summed E-state index contributed by atoms with van der Waals surface area (Å²) in [6.07, 6.45) is 5.49. The van der Waals surface area contributed by atoms with E-state index >= 15 is 0 Å². The van der Waals surface area contributed by atoms with E-state index in [9.17, 15) is 0 Å². The van der Waals surface area contributed by atoms with Crippen LogP contribution in [0.4, 0.5) is 0 Å². The Morgan fingerprint density at radius 3 is 2.12 bits per heavy atom. The standard InChI is InChI=1S/C14H30N2/c1-5-13(6-2)12-16-9-7-14(8-10-16)11-15(3)4/h13-14H,5-12H2,1-4H3. The highest BCUT2D eigenvalue weighted by Gasteiger charge is 2.20. The van der Waals surface area contributed by atoms with E-state index in [-0.39, 0.29) is 0 Å². The third-order valence-corrected chi connectivity index (χ3v) is 4.00. The lowest BCUT2D eigenvalue weighted by Crippen LogP contribution is -2.39. The maximum absolute atomic E-state index is 2.68.